The molecule has 168 valence electrons. The van der Waals surface area contributed by atoms with Crippen LogP contribution in [0.25, 0.3) is 0 Å². The summed E-state index contributed by atoms with van der Waals surface area (Å²) in [5.41, 5.74) is 0. The molecule has 0 saturated carbocycles. The van der Waals surface area contributed by atoms with Crippen molar-refractivity contribution in [3.8, 4) is 11.8 Å². The summed E-state index contributed by atoms with van der Waals surface area (Å²) in [6.45, 7) is 6.81. The molecular formula is C25H44O4. The van der Waals surface area contributed by atoms with E-state index in [4.69, 9.17) is 9.47 Å². The molecule has 1 atom stereocenters. The van der Waals surface area contributed by atoms with Crippen LogP contribution in [0.2, 0.25) is 0 Å². The maximum atomic E-state index is 11.9. The molecule has 0 rings (SSSR count). The molecule has 0 aliphatic rings. The predicted molar refractivity (Wildman–Crippen MR) is 120 cm³/mol. The topological polar surface area (TPSA) is 52.6 Å². The van der Waals surface area contributed by atoms with E-state index in [2.05, 4.69) is 25.7 Å². The summed E-state index contributed by atoms with van der Waals surface area (Å²) >= 11 is 0. The van der Waals surface area contributed by atoms with E-state index < -0.39 is 0 Å². The molecule has 29 heavy (non-hydrogen) atoms. The van der Waals surface area contributed by atoms with Crippen LogP contribution in [0.15, 0.2) is 0 Å². The molecule has 0 fully saturated rings. The van der Waals surface area contributed by atoms with E-state index in [9.17, 15) is 9.59 Å². The number of hydrogen-bond donors (Lipinski definition) is 0. The van der Waals surface area contributed by atoms with Crippen LogP contribution < -0.4 is 0 Å². The fourth-order valence-corrected chi connectivity index (χ4v) is 2.96. The Hall–Kier alpha value is -1.50. The third kappa shape index (κ3) is 19.6. The Labute approximate surface area is 179 Å². The van der Waals surface area contributed by atoms with Gasteiger partial charge in [-0.3, -0.25) is 9.59 Å². The van der Waals surface area contributed by atoms with Gasteiger partial charge in [-0.1, -0.05) is 78.1 Å². The second kappa shape index (κ2) is 21.2. The summed E-state index contributed by atoms with van der Waals surface area (Å²) in [5.74, 6) is 5.68. The Morgan fingerprint density at radius 2 is 1.34 bits per heavy atom. The SMILES string of the molecule is CCCC#CCC(CC)OC(=O)CCCC(=O)OCCCCCCCCCCC. The van der Waals surface area contributed by atoms with Crippen molar-refractivity contribution in [3.05, 3.63) is 0 Å². The maximum absolute atomic E-state index is 11.9. The second-order valence-electron chi connectivity index (χ2n) is 7.73. The number of ether oxygens (including phenoxy) is 2. The number of rotatable bonds is 18. The lowest BCUT2D eigenvalue weighted by molar-refractivity contribution is -0.149. The van der Waals surface area contributed by atoms with E-state index in [1.165, 1.54) is 44.9 Å². The molecular weight excluding hydrogens is 364 g/mol. The highest BCUT2D eigenvalue weighted by atomic mass is 16.5. The van der Waals surface area contributed by atoms with Crippen LogP contribution >= 0.6 is 0 Å². The predicted octanol–water partition coefficient (Wildman–Crippen LogP) is 6.75. The summed E-state index contributed by atoms with van der Waals surface area (Å²) in [5, 5.41) is 0. The van der Waals surface area contributed by atoms with Crippen LogP contribution in [-0.2, 0) is 19.1 Å². The Kier molecular flexibility index (Phi) is 20.1. The zero-order valence-corrected chi connectivity index (χ0v) is 19.2. The quantitative estimate of drug-likeness (QED) is 0.143. The Balaban J connectivity index is 3.60. The maximum Gasteiger partial charge on any atom is 0.306 e. The van der Waals surface area contributed by atoms with Crippen molar-refractivity contribution in [2.24, 2.45) is 0 Å². The molecule has 0 aromatic carbocycles. The van der Waals surface area contributed by atoms with Gasteiger partial charge >= 0.3 is 11.9 Å². The summed E-state index contributed by atoms with van der Waals surface area (Å²) in [4.78, 5) is 23.7. The smallest absolute Gasteiger partial charge is 0.306 e. The number of esters is 2. The fraction of sp³-hybridized carbons (Fsp3) is 0.840. The molecule has 1 unspecified atom stereocenters. The first kappa shape index (κ1) is 27.5. The summed E-state index contributed by atoms with van der Waals surface area (Å²) in [6, 6.07) is 0. The highest BCUT2D eigenvalue weighted by Crippen LogP contribution is 2.10. The monoisotopic (exact) mass is 408 g/mol. The summed E-state index contributed by atoms with van der Waals surface area (Å²) in [7, 11) is 0. The van der Waals surface area contributed by atoms with Gasteiger partial charge in [0.05, 0.1) is 6.61 Å². The van der Waals surface area contributed by atoms with Gasteiger partial charge in [-0.2, -0.15) is 0 Å². The van der Waals surface area contributed by atoms with Crippen molar-refractivity contribution in [1.29, 1.82) is 0 Å². The van der Waals surface area contributed by atoms with Crippen molar-refractivity contribution < 1.29 is 19.1 Å². The van der Waals surface area contributed by atoms with Crippen molar-refractivity contribution in [2.45, 2.75) is 130 Å². The first-order valence-corrected chi connectivity index (χ1v) is 11.9. The van der Waals surface area contributed by atoms with E-state index >= 15 is 0 Å². The molecule has 0 aliphatic carbocycles. The molecule has 0 aromatic heterocycles. The van der Waals surface area contributed by atoms with E-state index in [0.717, 1.165) is 32.1 Å². The summed E-state index contributed by atoms with van der Waals surface area (Å²) in [6.07, 6.45) is 15.3. The average molecular weight is 409 g/mol. The minimum Gasteiger partial charge on any atom is -0.466 e. The Morgan fingerprint density at radius 3 is 1.97 bits per heavy atom. The lowest BCUT2D eigenvalue weighted by Crippen LogP contribution is -2.17. The molecule has 0 bridgehead atoms. The van der Waals surface area contributed by atoms with Crippen LogP contribution in [0.5, 0.6) is 0 Å². The molecule has 0 aromatic rings. The van der Waals surface area contributed by atoms with Crippen LogP contribution in [0.4, 0.5) is 0 Å². The molecule has 4 heteroatoms. The van der Waals surface area contributed by atoms with Gasteiger partial charge in [-0.15, -0.1) is 5.92 Å². The standard InChI is InChI=1S/C25H44O4/c1-4-7-9-11-12-13-14-15-17-22-28-24(26)20-18-21-25(27)29-23(6-3)19-16-10-8-5-2/h23H,4-9,11-15,17-22H2,1-3H3. The lowest BCUT2D eigenvalue weighted by Gasteiger charge is -2.13. The van der Waals surface area contributed by atoms with Crippen molar-refractivity contribution in [2.75, 3.05) is 6.61 Å². The van der Waals surface area contributed by atoms with Crippen molar-refractivity contribution >= 4 is 11.9 Å². The normalized spacial score (nSPS) is 11.4. The average Bonchev–Trinajstić information content (AvgIpc) is 2.71. The van der Waals surface area contributed by atoms with Gasteiger partial charge in [-0.05, 0) is 25.7 Å². The molecule has 0 aliphatic heterocycles. The van der Waals surface area contributed by atoms with Crippen LogP contribution in [0.1, 0.15) is 124 Å². The number of carbonyl (C=O) groups is 2. The van der Waals surface area contributed by atoms with Crippen molar-refractivity contribution in [1.82, 2.24) is 0 Å². The fourth-order valence-electron chi connectivity index (χ4n) is 2.96. The number of hydrogen-bond acceptors (Lipinski definition) is 4. The lowest BCUT2D eigenvalue weighted by atomic mass is 10.1. The first-order valence-electron chi connectivity index (χ1n) is 11.9. The van der Waals surface area contributed by atoms with Crippen LogP contribution in [0, 0.1) is 11.8 Å². The number of unbranched alkanes of at least 4 members (excludes halogenated alkanes) is 9. The molecule has 0 amide bonds. The van der Waals surface area contributed by atoms with Crippen LogP contribution in [0.3, 0.4) is 0 Å². The Bertz CT molecular complexity index is 461. The van der Waals surface area contributed by atoms with Gasteiger partial charge < -0.3 is 9.47 Å². The molecule has 4 nitrogen and oxygen atoms in total. The van der Waals surface area contributed by atoms with E-state index in [1.54, 1.807) is 0 Å². The zero-order chi connectivity index (χ0) is 21.6. The second-order valence-corrected chi connectivity index (χ2v) is 7.73. The van der Waals surface area contributed by atoms with E-state index in [-0.39, 0.29) is 30.9 Å². The third-order valence-corrected chi connectivity index (χ3v) is 4.86. The van der Waals surface area contributed by atoms with Gasteiger partial charge in [0, 0.05) is 25.7 Å². The van der Waals surface area contributed by atoms with Crippen LogP contribution in [-0.4, -0.2) is 24.6 Å². The molecule has 0 radical (unpaired) electrons. The first-order chi connectivity index (χ1) is 14.1. The van der Waals surface area contributed by atoms with E-state index in [1.807, 2.05) is 6.92 Å². The Morgan fingerprint density at radius 1 is 0.724 bits per heavy atom. The minimum absolute atomic E-state index is 0.148. The van der Waals surface area contributed by atoms with Gasteiger partial charge in [0.25, 0.3) is 0 Å². The molecule has 0 N–H and O–H groups in total. The summed E-state index contributed by atoms with van der Waals surface area (Å²) < 4.78 is 10.7. The van der Waals surface area contributed by atoms with E-state index in [0.29, 0.717) is 19.4 Å². The highest BCUT2D eigenvalue weighted by Gasteiger charge is 2.12. The zero-order valence-electron chi connectivity index (χ0n) is 19.2. The molecule has 0 heterocycles. The molecule has 0 saturated heterocycles. The third-order valence-electron chi connectivity index (χ3n) is 4.86. The largest absolute Gasteiger partial charge is 0.466 e. The van der Waals surface area contributed by atoms with Gasteiger partial charge in [0.15, 0.2) is 0 Å². The minimum atomic E-state index is -0.249. The molecule has 0 spiro atoms. The highest BCUT2D eigenvalue weighted by molar-refractivity contribution is 5.72. The van der Waals surface area contributed by atoms with Gasteiger partial charge in [-0.25, -0.2) is 0 Å². The van der Waals surface area contributed by atoms with Gasteiger partial charge in [0.1, 0.15) is 6.10 Å². The van der Waals surface area contributed by atoms with Gasteiger partial charge in [0.2, 0.25) is 0 Å². The van der Waals surface area contributed by atoms with Crippen molar-refractivity contribution in [3.63, 3.8) is 0 Å². The number of carbonyl (C=O) groups excluding carboxylic acids is 2.